The highest BCUT2D eigenvalue weighted by molar-refractivity contribution is 7.99. The molecule has 3 aromatic rings. The lowest BCUT2D eigenvalue weighted by Gasteiger charge is -2.07. The third kappa shape index (κ3) is 2.71. The first-order chi connectivity index (χ1) is 9.76. The van der Waals surface area contributed by atoms with Gasteiger partial charge in [-0.1, -0.05) is 31.2 Å². The first-order valence-corrected chi connectivity index (χ1v) is 7.39. The largest absolute Gasteiger partial charge is 0.431 e. The first kappa shape index (κ1) is 13.2. The molecule has 0 radical (unpaired) electrons. The molecule has 2 aromatic carbocycles. The van der Waals surface area contributed by atoms with Crippen molar-refractivity contribution < 1.29 is 9.52 Å². The van der Waals surface area contributed by atoms with E-state index in [2.05, 4.69) is 4.98 Å². The lowest BCUT2D eigenvalue weighted by atomic mass is 10.1. The minimum atomic E-state index is -0.390. The molecule has 1 atom stereocenters. The Morgan fingerprint density at radius 3 is 2.60 bits per heavy atom. The molecule has 102 valence electrons. The van der Waals surface area contributed by atoms with Gasteiger partial charge in [-0.05, 0) is 48.0 Å². The van der Waals surface area contributed by atoms with Crippen molar-refractivity contribution in [3.63, 3.8) is 0 Å². The Hall–Kier alpha value is -1.78. The van der Waals surface area contributed by atoms with Crippen molar-refractivity contribution in [3.05, 3.63) is 54.1 Å². The summed E-state index contributed by atoms with van der Waals surface area (Å²) in [6.07, 6.45) is 0.329. The third-order valence-corrected chi connectivity index (χ3v) is 3.99. The summed E-state index contributed by atoms with van der Waals surface area (Å²) < 4.78 is 5.67. The second-order valence-electron chi connectivity index (χ2n) is 4.54. The Balaban J connectivity index is 1.80. The van der Waals surface area contributed by atoms with Crippen molar-refractivity contribution in [1.82, 2.24) is 4.98 Å². The van der Waals surface area contributed by atoms with Crippen LogP contribution in [0.25, 0.3) is 11.1 Å². The van der Waals surface area contributed by atoms with Crippen molar-refractivity contribution >= 4 is 22.9 Å². The SMILES string of the molecule is CCC(O)c1ccc(Sc2nc3ccccc3o2)cc1. The van der Waals surface area contributed by atoms with E-state index < -0.39 is 6.10 Å². The van der Waals surface area contributed by atoms with E-state index in [1.807, 2.05) is 55.5 Å². The molecule has 1 N–H and O–H groups in total. The van der Waals surface area contributed by atoms with Gasteiger partial charge in [0.05, 0.1) is 6.10 Å². The average molecular weight is 285 g/mol. The number of para-hydroxylation sites is 2. The molecule has 0 aliphatic rings. The van der Waals surface area contributed by atoms with E-state index in [0.717, 1.165) is 28.0 Å². The smallest absolute Gasteiger partial charge is 0.261 e. The van der Waals surface area contributed by atoms with Gasteiger partial charge in [0.15, 0.2) is 5.58 Å². The summed E-state index contributed by atoms with van der Waals surface area (Å²) >= 11 is 1.48. The second kappa shape index (κ2) is 5.69. The molecule has 0 fully saturated rings. The highest BCUT2D eigenvalue weighted by Gasteiger charge is 2.08. The van der Waals surface area contributed by atoms with Crippen LogP contribution in [-0.2, 0) is 0 Å². The molecule has 1 heterocycles. The van der Waals surface area contributed by atoms with Crippen molar-refractivity contribution in [3.8, 4) is 0 Å². The van der Waals surface area contributed by atoms with Gasteiger partial charge in [-0.3, -0.25) is 0 Å². The van der Waals surface area contributed by atoms with Crippen LogP contribution in [0.2, 0.25) is 0 Å². The molecule has 4 heteroatoms. The van der Waals surface area contributed by atoms with Crippen molar-refractivity contribution in [2.24, 2.45) is 0 Å². The van der Waals surface area contributed by atoms with Gasteiger partial charge in [-0.2, -0.15) is 0 Å². The maximum Gasteiger partial charge on any atom is 0.261 e. The molecule has 1 aromatic heterocycles. The van der Waals surface area contributed by atoms with E-state index in [-0.39, 0.29) is 0 Å². The summed E-state index contributed by atoms with van der Waals surface area (Å²) in [5.74, 6) is 0. The summed E-state index contributed by atoms with van der Waals surface area (Å²) in [6, 6.07) is 15.6. The predicted octanol–water partition coefficient (Wildman–Crippen LogP) is 4.42. The zero-order chi connectivity index (χ0) is 13.9. The van der Waals surface area contributed by atoms with E-state index in [0.29, 0.717) is 5.22 Å². The van der Waals surface area contributed by atoms with Gasteiger partial charge < -0.3 is 9.52 Å². The van der Waals surface area contributed by atoms with Gasteiger partial charge in [0.25, 0.3) is 5.22 Å². The highest BCUT2D eigenvalue weighted by Crippen LogP contribution is 2.30. The van der Waals surface area contributed by atoms with Crippen molar-refractivity contribution in [2.75, 3.05) is 0 Å². The second-order valence-corrected chi connectivity index (χ2v) is 5.57. The number of rotatable bonds is 4. The van der Waals surface area contributed by atoms with Crippen molar-refractivity contribution in [2.45, 2.75) is 29.6 Å². The lowest BCUT2D eigenvalue weighted by Crippen LogP contribution is -1.93. The fourth-order valence-electron chi connectivity index (χ4n) is 1.99. The van der Waals surface area contributed by atoms with Crippen LogP contribution in [0.15, 0.2) is 63.1 Å². The van der Waals surface area contributed by atoms with Crippen LogP contribution in [0, 0.1) is 0 Å². The van der Waals surface area contributed by atoms with Gasteiger partial charge in [0.1, 0.15) is 5.52 Å². The molecule has 20 heavy (non-hydrogen) atoms. The number of nitrogens with zero attached hydrogens (tertiary/aromatic N) is 1. The van der Waals surface area contributed by atoms with Gasteiger partial charge in [-0.15, -0.1) is 0 Å². The normalized spacial score (nSPS) is 12.7. The molecule has 1 unspecified atom stereocenters. The fourth-order valence-corrected chi connectivity index (χ4v) is 2.74. The molecule has 0 spiro atoms. The quantitative estimate of drug-likeness (QED) is 0.770. The Morgan fingerprint density at radius 1 is 1.15 bits per heavy atom. The number of benzene rings is 2. The molecule has 3 nitrogen and oxygen atoms in total. The molecular weight excluding hydrogens is 270 g/mol. The van der Waals surface area contributed by atoms with E-state index in [1.54, 1.807) is 0 Å². The Kier molecular flexibility index (Phi) is 3.76. The summed E-state index contributed by atoms with van der Waals surface area (Å²) in [5, 5.41) is 10.4. The zero-order valence-electron chi connectivity index (χ0n) is 11.1. The molecule has 0 aliphatic heterocycles. The number of fused-ring (bicyclic) bond motifs is 1. The zero-order valence-corrected chi connectivity index (χ0v) is 11.9. The fraction of sp³-hybridized carbons (Fsp3) is 0.188. The summed E-state index contributed by atoms with van der Waals surface area (Å²) in [6.45, 7) is 1.96. The maximum atomic E-state index is 9.77. The standard InChI is InChI=1S/C16H15NO2S/c1-2-14(18)11-7-9-12(10-8-11)20-16-17-13-5-3-4-6-15(13)19-16/h3-10,14,18H,2H2,1H3. The Bertz CT molecular complexity index is 673. The van der Waals surface area contributed by atoms with E-state index in [1.165, 1.54) is 11.8 Å². The average Bonchev–Trinajstić information content (AvgIpc) is 2.89. The van der Waals surface area contributed by atoms with Crippen LogP contribution in [0.1, 0.15) is 25.0 Å². The van der Waals surface area contributed by atoms with Crippen LogP contribution in [0.3, 0.4) is 0 Å². The van der Waals surface area contributed by atoms with Gasteiger partial charge in [0, 0.05) is 4.90 Å². The van der Waals surface area contributed by atoms with Crippen LogP contribution in [0.5, 0.6) is 0 Å². The highest BCUT2D eigenvalue weighted by atomic mass is 32.2. The molecule has 3 rings (SSSR count). The number of aromatic nitrogens is 1. The van der Waals surface area contributed by atoms with Crippen LogP contribution < -0.4 is 0 Å². The van der Waals surface area contributed by atoms with Crippen LogP contribution >= 0.6 is 11.8 Å². The molecule has 0 saturated heterocycles. The molecule has 0 aliphatic carbocycles. The first-order valence-electron chi connectivity index (χ1n) is 6.57. The van der Waals surface area contributed by atoms with Crippen LogP contribution in [-0.4, -0.2) is 10.1 Å². The maximum absolute atomic E-state index is 9.77. The molecule has 0 saturated carbocycles. The lowest BCUT2D eigenvalue weighted by molar-refractivity contribution is 0.173. The number of hydrogen-bond acceptors (Lipinski definition) is 4. The number of oxazole rings is 1. The van der Waals surface area contributed by atoms with Crippen LogP contribution in [0.4, 0.5) is 0 Å². The van der Waals surface area contributed by atoms with Gasteiger partial charge in [0.2, 0.25) is 0 Å². The van der Waals surface area contributed by atoms with E-state index in [9.17, 15) is 5.11 Å². The van der Waals surface area contributed by atoms with Gasteiger partial charge in [-0.25, -0.2) is 4.98 Å². The Morgan fingerprint density at radius 2 is 1.90 bits per heavy atom. The summed E-state index contributed by atoms with van der Waals surface area (Å²) in [7, 11) is 0. The van der Waals surface area contributed by atoms with E-state index in [4.69, 9.17) is 4.42 Å². The number of hydrogen-bond donors (Lipinski definition) is 1. The number of aliphatic hydroxyl groups is 1. The minimum absolute atomic E-state index is 0.390. The van der Waals surface area contributed by atoms with Gasteiger partial charge >= 0.3 is 0 Å². The minimum Gasteiger partial charge on any atom is -0.431 e. The molecule has 0 bridgehead atoms. The van der Waals surface area contributed by atoms with Crippen molar-refractivity contribution in [1.29, 1.82) is 0 Å². The molecular formula is C16H15NO2S. The monoisotopic (exact) mass is 285 g/mol. The Labute approximate surface area is 121 Å². The number of aliphatic hydroxyl groups excluding tert-OH is 1. The summed E-state index contributed by atoms with van der Waals surface area (Å²) in [4.78, 5) is 5.47. The predicted molar refractivity (Wildman–Crippen MR) is 79.8 cm³/mol. The topological polar surface area (TPSA) is 46.3 Å². The summed E-state index contributed by atoms with van der Waals surface area (Å²) in [5.41, 5.74) is 2.61. The third-order valence-electron chi connectivity index (χ3n) is 3.13. The van der Waals surface area contributed by atoms with E-state index >= 15 is 0 Å². The molecule has 0 amide bonds.